The van der Waals surface area contributed by atoms with E-state index in [2.05, 4.69) is 5.32 Å². The van der Waals surface area contributed by atoms with Gasteiger partial charge in [0.1, 0.15) is 0 Å². The Bertz CT molecular complexity index is 1230. The summed E-state index contributed by atoms with van der Waals surface area (Å²) in [7, 11) is 0. The molecule has 0 saturated carbocycles. The maximum absolute atomic E-state index is 12.9. The van der Waals surface area contributed by atoms with Crippen molar-refractivity contribution in [2.45, 2.75) is 20.0 Å². The van der Waals surface area contributed by atoms with E-state index in [0.717, 1.165) is 21.2 Å². The number of carbonyl (C=O) groups is 1. The van der Waals surface area contributed by atoms with Gasteiger partial charge in [0.05, 0.1) is 15.8 Å². The molecular formula is C21H17ClN2O2S. The number of amides is 1. The van der Waals surface area contributed by atoms with E-state index in [1.165, 1.54) is 11.3 Å². The van der Waals surface area contributed by atoms with Crippen LogP contribution in [0.25, 0.3) is 21.0 Å². The molecule has 0 aliphatic heterocycles. The van der Waals surface area contributed by atoms with Crippen molar-refractivity contribution in [3.05, 3.63) is 80.4 Å². The molecule has 2 aromatic carbocycles. The van der Waals surface area contributed by atoms with Gasteiger partial charge in [-0.15, -0.1) is 11.3 Å². The van der Waals surface area contributed by atoms with Crippen molar-refractivity contribution in [2.75, 3.05) is 0 Å². The summed E-state index contributed by atoms with van der Waals surface area (Å²) in [5.74, 6) is -0.206. The number of hydrogen-bond donors (Lipinski definition) is 1. The lowest BCUT2D eigenvalue weighted by molar-refractivity contribution is 0.0955. The number of nitrogens with zero attached hydrogens (tertiary/aromatic N) is 1. The van der Waals surface area contributed by atoms with E-state index in [9.17, 15) is 9.59 Å². The Morgan fingerprint density at radius 2 is 1.85 bits per heavy atom. The summed E-state index contributed by atoms with van der Waals surface area (Å²) < 4.78 is 2.60. The summed E-state index contributed by atoms with van der Waals surface area (Å²) in [5, 5.41) is 5.08. The zero-order chi connectivity index (χ0) is 19.0. The molecule has 0 saturated heterocycles. The highest BCUT2D eigenvalue weighted by Crippen LogP contribution is 2.30. The van der Waals surface area contributed by atoms with Crippen molar-refractivity contribution in [1.82, 2.24) is 9.88 Å². The van der Waals surface area contributed by atoms with Gasteiger partial charge in [0.25, 0.3) is 11.5 Å². The predicted molar refractivity (Wildman–Crippen MR) is 112 cm³/mol. The minimum Gasteiger partial charge on any atom is -0.347 e. The first kappa shape index (κ1) is 17.8. The van der Waals surface area contributed by atoms with Crippen LogP contribution in [0.1, 0.15) is 22.2 Å². The van der Waals surface area contributed by atoms with Gasteiger partial charge >= 0.3 is 0 Å². The van der Waals surface area contributed by atoms with E-state index in [4.69, 9.17) is 11.6 Å². The molecule has 4 rings (SSSR count). The van der Waals surface area contributed by atoms with Crippen LogP contribution in [-0.2, 0) is 13.1 Å². The molecule has 0 fully saturated rings. The second-order valence-electron chi connectivity index (χ2n) is 6.19. The molecule has 1 amide bonds. The molecule has 4 nitrogen and oxygen atoms in total. The van der Waals surface area contributed by atoms with Gasteiger partial charge in [0, 0.05) is 28.2 Å². The quantitative estimate of drug-likeness (QED) is 0.537. The van der Waals surface area contributed by atoms with Gasteiger partial charge in [0.2, 0.25) is 0 Å². The highest BCUT2D eigenvalue weighted by molar-refractivity contribution is 7.21. The second-order valence-corrected chi connectivity index (χ2v) is 7.65. The Labute approximate surface area is 165 Å². The Balaban J connectivity index is 1.74. The lowest BCUT2D eigenvalue weighted by Gasteiger charge is -2.08. The zero-order valence-electron chi connectivity index (χ0n) is 14.7. The molecular weight excluding hydrogens is 380 g/mol. The standard InChI is InChI=1S/C21H17ClN2O2S/c1-2-24-17-10-6-4-8-14(17)19-15(21(24)26)11-18(27-19)20(25)23-12-13-7-3-5-9-16(13)22/h3-11H,2,12H2,1H3,(H,23,25). The van der Waals surface area contributed by atoms with E-state index in [1.54, 1.807) is 16.7 Å². The molecule has 27 heavy (non-hydrogen) atoms. The van der Waals surface area contributed by atoms with Crippen LogP contribution in [0.5, 0.6) is 0 Å². The third-order valence-corrected chi connectivity index (χ3v) is 6.12. The van der Waals surface area contributed by atoms with Gasteiger partial charge in [0.15, 0.2) is 0 Å². The Kier molecular flexibility index (Phi) is 4.72. The van der Waals surface area contributed by atoms with E-state index >= 15 is 0 Å². The molecule has 136 valence electrons. The number of nitrogens with one attached hydrogen (secondary N) is 1. The first-order valence-electron chi connectivity index (χ1n) is 8.67. The SMILES string of the molecule is CCn1c(=O)c2cc(C(=O)NCc3ccccc3Cl)sc2c2ccccc21. The number of rotatable bonds is 4. The molecule has 6 heteroatoms. The lowest BCUT2D eigenvalue weighted by atomic mass is 10.1. The van der Waals surface area contributed by atoms with Crippen molar-refractivity contribution in [2.24, 2.45) is 0 Å². The summed E-state index contributed by atoms with van der Waals surface area (Å²) >= 11 is 7.49. The van der Waals surface area contributed by atoms with Gasteiger partial charge < -0.3 is 9.88 Å². The van der Waals surface area contributed by atoms with Crippen molar-refractivity contribution in [3.8, 4) is 0 Å². The Morgan fingerprint density at radius 3 is 2.63 bits per heavy atom. The maximum Gasteiger partial charge on any atom is 0.261 e. The van der Waals surface area contributed by atoms with Crippen LogP contribution in [0.2, 0.25) is 5.02 Å². The fraction of sp³-hybridized carbons (Fsp3) is 0.143. The maximum atomic E-state index is 12.9. The highest BCUT2D eigenvalue weighted by Gasteiger charge is 2.16. The number of fused-ring (bicyclic) bond motifs is 3. The van der Waals surface area contributed by atoms with Crippen LogP contribution in [0.3, 0.4) is 0 Å². The minimum atomic E-state index is -0.206. The van der Waals surface area contributed by atoms with Gasteiger partial charge in [-0.25, -0.2) is 0 Å². The summed E-state index contributed by atoms with van der Waals surface area (Å²) in [4.78, 5) is 26.0. The molecule has 0 spiro atoms. The molecule has 0 aliphatic carbocycles. The monoisotopic (exact) mass is 396 g/mol. The zero-order valence-corrected chi connectivity index (χ0v) is 16.2. The molecule has 0 aliphatic rings. The molecule has 0 unspecified atom stereocenters. The first-order chi connectivity index (χ1) is 13.1. The third kappa shape index (κ3) is 3.13. The minimum absolute atomic E-state index is 0.0624. The average Bonchev–Trinajstić information content (AvgIpc) is 3.14. The van der Waals surface area contributed by atoms with Gasteiger partial charge in [-0.1, -0.05) is 48.0 Å². The van der Waals surface area contributed by atoms with Crippen LogP contribution >= 0.6 is 22.9 Å². The van der Waals surface area contributed by atoms with Crippen molar-refractivity contribution >= 4 is 49.8 Å². The molecule has 0 atom stereocenters. The predicted octanol–water partition coefficient (Wildman–Crippen LogP) is 4.82. The fourth-order valence-corrected chi connectivity index (χ4v) is 4.54. The van der Waals surface area contributed by atoms with Crippen molar-refractivity contribution < 1.29 is 4.79 Å². The normalized spacial score (nSPS) is 11.2. The van der Waals surface area contributed by atoms with E-state index < -0.39 is 0 Å². The second kappa shape index (κ2) is 7.18. The number of halogens is 1. The first-order valence-corrected chi connectivity index (χ1v) is 9.86. The number of aromatic nitrogens is 1. The summed E-state index contributed by atoms with van der Waals surface area (Å²) in [5.41, 5.74) is 1.68. The van der Waals surface area contributed by atoms with Gasteiger partial charge in [-0.05, 0) is 30.7 Å². The van der Waals surface area contributed by atoms with E-state index in [1.807, 2.05) is 49.4 Å². The van der Waals surface area contributed by atoms with Crippen LogP contribution in [0, 0.1) is 0 Å². The summed E-state index contributed by atoms with van der Waals surface area (Å²) in [6.07, 6.45) is 0. The van der Waals surface area contributed by atoms with Crippen LogP contribution in [0.15, 0.2) is 59.4 Å². The smallest absolute Gasteiger partial charge is 0.261 e. The van der Waals surface area contributed by atoms with E-state index in [-0.39, 0.29) is 11.5 Å². The van der Waals surface area contributed by atoms with Crippen LogP contribution in [-0.4, -0.2) is 10.5 Å². The number of pyridine rings is 1. The molecule has 1 N–H and O–H groups in total. The number of hydrogen-bond acceptors (Lipinski definition) is 3. The number of para-hydroxylation sites is 1. The fourth-order valence-electron chi connectivity index (χ4n) is 3.24. The third-order valence-electron chi connectivity index (χ3n) is 4.58. The largest absolute Gasteiger partial charge is 0.347 e. The number of thiophene rings is 1. The van der Waals surface area contributed by atoms with Crippen LogP contribution in [0.4, 0.5) is 0 Å². The number of benzene rings is 2. The summed E-state index contributed by atoms with van der Waals surface area (Å²) in [6, 6.07) is 16.9. The van der Waals surface area contributed by atoms with Crippen LogP contribution < -0.4 is 10.9 Å². The Hall–Kier alpha value is -2.63. The van der Waals surface area contributed by atoms with Crippen molar-refractivity contribution in [1.29, 1.82) is 0 Å². The van der Waals surface area contributed by atoms with E-state index in [0.29, 0.717) is 28.4 Å². The molecule has 0 radical (unpaired) electrons. The Morgan fingerprint density at radius 1 is 1.11 bits per heavy atom. The number of aryl methyl sites for hydroxylation is 1. The highest BCUT2D eigenvalue weighted by atomic mass is 35.5. The lowest BCUT2D eigenvalue weighted by Crippen LogP contribution is -2.22. The molecule has 2 aromatic heterocycles. The van der Waals surface area contributed by atoms with Gasteiger partial charge in [-0.3, -0.25) is 9.59 Å². The topological polar surface area (TPSA) is 51.1 Å². The number of carbonyl (C=O) groups excluding carboxylic acids is 1. The average molecular weight is 397 g/mol. The van der Waals surface area contributed by atoms with Crippen molar-refractivity contribution in [3.63, 3.8) is 0 Å². The van der Waals surface area contributed by atoms with Gasteiger partial charge in [-0.2, -0.15) is 0 Å². The molecule has 0 bridgehead atoms. The molecule has 2 heterocycles. The molecule has 4 aromatic rings. The summed E-state index contributed by atoms with van der Waals surface area (Å²) in [6.45, 7) is 2.87.